The molecule has 0 atom stereocenters. The molecule has 0 radical (unpaired) electrons. The molecule has 0 aromatic heterocycles. The van der Waals surface area contributed by atoms with Gasteiger partial charge in [-0.2, -0.15) is 12.2 Å². The number of benzene rings is 2. The van der Waals surface area contributed by atoms with Gasteiger partial charge in [0, 0.05) is 0 Å². The van der Waals surface area contributed by atoms with Crippen molar-refractivity contribution in [3.63, 3.8) is 0 Å². The van der Waals surface area contributed by atoms with Crippen molar-refractivity contribution in [2.75, 3.05) is 28.4 Å². The predicted molar refractivity (Wildman–Crippen MR) is 158 cm³/mol. The third-order valence-electron chi connectivity index (χ3n) is 5.90. The van der Waals surface area contributed by atoms with Gasteiger partial charge in [-0.05, 0) is 35.8 Å². The van der Waals surface area contributed by atoms with Crippen molar-refractivity contribution in [2.24, 2.45) is 0 Å². The first-order chi connectivity index (χ1) is 19.4. The standard InChI is InChI=1S/2C9H13.2C8H10O3.Hf/c2*1-2-3-6-9-7-4-5-8-9;2*1-10-6-4-3-5-7(11-2)8(6)9;/h2*4,7H,2-3,5-6H2,1H3;2*3-5,9H,1-2H3;/q2*-1;;;+4/p-2. The van der Waals surface area contributed by atoms with Crippen LogP contribution in [0.3, 0.4) is 0 Å². The molecular formula is C34H44HfO6. The van der Waals surface area contributed by atoms with Crippen molar-refractivity contribution in [3.8, 4) is 34.5 Å². The summed E-state index contributed by atoms with van der Waals surface area (Å²) in [7, 11) is 5.82. The number of hydrogen-bond acceptors (Lipinski definition) is 6. The van der Waals surface area contributed by atoms with Crippen molar-refractivity contribution >= 4 is 0 Å². The second kappa shape index (κ2) is 23.7. The van der Waals surface area contributed by atoms with Crippen LogP contribution in [0.15, 0.2) is 71.8 Å². The van der Waals surface area contributed by atoms with Crippen LogP contribution >= 0.6 is 0 Å². The zero-order valence-electron chi connectivity index (χ0n) is 25.4. The second-order valence-corrected chi connectivity index (χ2v) is 8.81. The van der Waals surface area contributed by atoms with Gasteiger partial charge in [-0.1, -0.05) is 64.5 Å². The van der Waals surface area contributed by atoms with E-state index in [1.54, 1.807) is 36.4 Å². The minimum absolute atomic E-state index is 0. The van der Waals surface area contributed by atoms with Crippen LogP contribution in [0.25, 0.3) is 0 Å². The van der Waals surface area contributed by atoms with Crippen LogP contribution in [0, 0.1) is 12.2 Å². The molecule has 0 amide bonds. The van der Waals surface area contributed by atoms with Gasteiger partial charge in [-0.25, -0.2) is 23.3 Å². The maximum atomic E-state index is 11.2. The van der Waals surface area contributed by atoms with Crippen LogP contribution in [-0.2, 0) is 25.8 Å². The maximum absolute atomic E-state index is 11.2. The van der Waals surface area contributed by atoms with Crippen LogP contribution in [0.1, 0.15) is 65.2 Å². The summed E-state index contributed by atoms with van der Waals surface area (Å²) in [6.07, 6.45) is 25.1. The normalized spacial score (nSPS) is 12.1. The SMILES string of the molecule is CCCCC1=[C-]CC=C1.CCCCC1=[C-]CC=C1.COc1cccc(OC)c1[O-].COc1cccc(OC)c1[O-].[Hf+4]. The maximum Gasteiger partial charge on any atom is 4.00 e. The van der Waals surface area contributed by atoms with Gasteiger partial charge in [-0.3, -0.25) is 12.2 Å². The zero-order chi connectivity index (χ0) is 29.6. The van der Waals surface area contributed by atoms with E-state index < -0.39 is 0 Å². The molecule has 0 saturated carbocycles. The first-order valence-electron chi connectivity index (χ1n) is 13.7. The summed E-state index contributed by atoms with van der Waals surface area (Å²) >= 11 is 0. The number of ether oxygens (including phenoxy) is 4. The third kappa shape index (κ3) is 15.0. The minimum atomic E-state index is -0.211. The van der Waals surface area contributed by atoms with Crippen molar-refractivity contribution < 1.29 is 55.0 Å². The summed E-state index contributed by atoms with van der Waals surface area (Å²) < 4.78 is 19.2. The van der Waals surface area contributed by atoms with E-state index in [1.807, 2.05) is 0 Å². The number of unbranched alkanes of at least 4 members (excludes halogenated alkanes) is 2. The summed E-state index contributed by atoms with van der Waals surface area (Å²) in [6, 6.07) is 9.82. The Bertz CT molecular complexity index is 972. The molecule has 0 saturated heterocycles. The molecular weight excluding hydrogens is 683 g/mol. The molecule has 6 nitrogen and oxygen atoms in total. The predicted octanol–water partition coefficient (Wildman–Crippen LogP) is 7.28. The smallest absolute Gasteiger partial charge is 0.867 e. The molecule has 0 heterocycles. The van der Waals surface area contributed by atoms with E-state index in [9.17, 15) is 10.2 Å². The van der Waals surface area contributed by atoms with Gasteiger partial charge in [0.1, 0.15) is 23.0 Å². The molecule has 2 aromatic rings. The van der Waals surface area contributed by atoms with Gasteiger partial charge in [0.05, 0.1) is 28.4 Å². The van der Waals surface area contributed by atoms with E-state index >= 15 is 0 Å². The first kappa shape index (κ1) is 38.1. The van der Waals surface area contributed by atoms with Gasteiger partial charge < -0.3 is 29.2 Å². The van der Waals surface area contributed by atoms with Crippen LogP contribution < -0.4 is 29.2 Å². The van der Waals surface area contributed by atoms with Crippen LogP contribution in [0.4, 0.5) is 0 Å². The molecule has 2 aromatic carbocycles. The number of para-hydroxylation sites is 2. The van der Waals surface area contributed by atoms with Crippen molar-refractivity contribution in [1.29, 1.82) is 0 Å². The average molecular weight is 727 g/mol. The van der Waals surface area contributed by atoms with E-state index in [0.717, 1.165) is 12.8 Å². The third-order valence-corrected chi connectivity index (χ3v) is 5.90. The Labute approximate surface area is 266 Å². The molecule has 2 aliphatic rings. The quantitative estimate of drug-likeness (QED) is 0.189. The molecule has 0 bridgehead atoms. The van der Waals surface area contributed by atoms with Crippen molar-refractivity contribution in [3.05, 3.63) is 84.0 Å². The fraction of sp³-hybridized carbons (Fsp3) is 0.412. The Hall–Kier alpha value is -2.93. The molecule has 0 unspecified atom stereocenters. The molecule has 220 valence electrons. The first-order valence-corrected chi connectivity index (χ1v) is 13.7. The summed E-state index contributed by atoms with van der Waals surface area (Å²) in [4.78, 5) is 0. The Morgan fingerprint density at radius 1 is 0.610 bits per heavy atom. The molecule has 2 aliphatic carbocycles. The average Bonchev–Trinajstić information content (AvgIpc) is 3.71. The monoisotopic (exact) mass is 728 g/mol. The van der Waals surface area contributed by atoms with Crippen LogP contribution in [0.2, 0.25) is 0 Å². The number of allylic oxidation sites excluding steroid dienone is 8. The van der Waals surface area contributed by atoms with E-state index in [4.69, 9.17) is 18.9 Å². The summed E-state index contributed by atoms with van der Waals surface area (Å²) in [5.41, 5.74) is 2.83. The molecule has 0 fully saturated rings. The van der Waals surface area contributed by atoms with Gasteiger partial charge in [0.15, 0.2) is 0 Å². The number of methoxy groups -OCH3 is 4. The molecule has 4 rings (SSSR count). The Morgan fingerprint density at radius 2 is 0.927 bits per heavy atom. The Kier molecular flexibility index (Phi) is 22.0. The molecule has 0 N–H and O–H groups in total. The summed E-state index contributed by atoms with van der Waals surface area (Å²) in [6.45, 7) is 4.44. The van der Waals surface area contributed by atoms with Crippen LogP contribution in [0.5, 0.6) is 34.5 Å². The zero-order valence-corrected chi connectivity index (χ0v) is 29.0. The largest absolute Gasteiger partial charge is 4.00 e. The fourth-order valence-corrected chi connectivity index (χ4v) is 3.61. The fourth-order valence-electron chi connectivity index (χ4n) is 3.61. The van der Waals surface area contributed by atoms with Crippen LogP contribution in [-0.4, -0.2) is 28.4 Å². The Balaban J connectivity index is 0.000000518. The number of hydrogen-bond donors (Lipinski definition) is 0. The summed E-state index contributed by atoms with van der Waals surface area (Å²) in [5.74, 6) is 0.817. The molecule has 0 aliphatic heterocycles. The van der Waals surface area contributed by atoms with E-state index in [2.05, 4.69) is 50.3 Å². The second-order valence-electron chi connectivity index (χ2n) is 8.81. The summed E-state index contributed by atoms with van der Waals surface area (Å²) in [5, 5.41) is 22.4. The van der Waals surface area contributed by atoms with E-state index in [1.165, 1.54) is 78.1 Å². The van der Waals surface area contributed by atoms with E-state index in [0.29, 0.717) is 23.0 Å². The molecule has 7 heteroatoms. The topological polar surface area (TPSA) is 83.0 Å². The van der Waals surface area contributed by atoms with Gasteiger partial charge in [0.2, 0.25) is 0 Å². The van der Waals surface area contributed by atoms with Gasteiger partial charge >= 0.3 is 25.8 Å². The van der Waals surface area contributed by atoms with Crippen molar-refractivity contribution in [2.45, 2.75) is 65.2 Å². The molecule has 41 heavy (non-hydrogen) atoms. The van der Waals surface area contributed by atoms with Gasteiger partial charge in [-0.15, -0.1) is 12.8 Å². The van der Waals surface area contributed by atoms with Gasteiger partial charge in [0.25, 0.3) is 0 Å². The molecule has 0 spiro atoms. The van der Waals surface area contributed by atoms with E-state index in [-0.39, 0.29) is 37.3 Å². The Morgan fingerprint density at radius 3 is 1.15 bits per heavy atom. The number of rotatable bonds is 10. The van der Waals surface area contributed by atoms with Crippen molar-refractivity contribution in [1.82, 2.24) is 0 Å². The minimum Gasteiger partial charge on any atom is -0.867 e.